The van der Waals surface area contributed by atoms with Crippen molar-refractivity contribution >= 4 is 56.2 Å². The molecule has 1 saturated heterocycles. The number of aromatic amines is 1. The predicted molar refractivity (Wildman–Crippen MR) is 106 cm³/mol. The van der Waals surface area contributed by atoms with Gasteiger partial charge in [0.2, 0.25) is 11.8 Å². The van der Waals surface area contributed by atoms with Crippen LogP contribution in [0.1, 0.15) is 12.8 Å². The average Bonchev–Trinajstić information content (AvgIpc) is 3.21. The summed E-state index contributed by atoms with van der Waals surface area (Å²) in [5, 5.41) is 20.3. The summed E-state index contributed by atoms with van der Waals surface area (Å²) in [4.78, 5) is 26.5. The van der Waals surface area contributed by atoms with Gasteiger partial charge >= 0.3 is 0 Å². The van der Waals surface area contributed by atoms with Gasteiger partial charge in [0.05, 0.1) is 24.1 Å². The zero-order chi connectivity index (χ0) is 18.7. The summed E-state index contributed by atoms with van der Waals surface area (Å²) in [6.07, 6.45) is 2.83. The lowest BCUT2D eigenvalue weighted by Crippen LogP contribution is -2.42. The number of nitrogens with one attached hydrogen (secondary N) is 2. The third-order valence-electron chi connectivity index (χ3n) is 4.49. The van der Waals surface area contributed by atoms with Crippen molar-refractivity contribution in [3.05, 3.63) is 22.7 Å². The Kier molecular flexibility index (Phi) is 6.20. The summed E-state index contributed by atoms with van der Waals surface area (Å²) in [6.45, 7) is 0.191. The minimum atomic E-state index is -0.437. The lowest BCUT2D eigenvalue weighted by molar-refractivity contribution is -0.127. The summed E-state index contributed by atoms with van der Waals surface area (Å²) in [5.74, 6) is 0.660. The van der Waals surface area contributed by atoms with Crippen LogP contribution in [0.15, 0.2) is 22.7 Å². The van der Waals surface area contributed by atoms with Crippen LogP contribution in [0.2, 0.25) is 0 Å². The molecular formula is C17H21BrN4O3S. The molecule has 1 fully saturated rings. The van der Waals surface area contributed by atoms with Crippen molar-refractivity contribution in [2.24, 2.45) is 5.92 Å². The minimum absolute atomic E-state index is 0.102. The lowest BCUT2D eigenvalue weighted by Gasteiger charge is -2.18. The molecule has 3 N–H and O–H groups in total. The van der Waals surface area contributed by atoms with Crippen molar-refractivity contribution in [3.63, 3.8) is 0 Å². The molecule has 1 aromatic carbocycles. The number of benzene rings is 1. The second-order valence-electron chi connectivity index (χ2n) is 6.31. The number of H-pyrrole nitrogens is 1. The number of carbonyl (C=O) groups excluding carboxylic acids is 2. The molecule has 2 heterocycles. The highest BCUT2D eigenvalue weighted by atomic mass is 79.9. The highest BCUT2D eigenvalue weighted by Gasteiger charge is 2.37. The molecule has 0 saturated carbocycles. The van der Waals surface area contributed by atoms with Gasteiger partial charge in [-0.1, -0.05) is 15.9 Å². The molecule has 0 aliphatic carbocycles. The molecule has 2 amide bonds. The fourth-order valence-corrected chi connectivity index (χ4v) is 3.94. The Bertz CT molecular complexity index is 812. The number of fused-ring (bicyclic) bond motifs is 1. The summed E-state index contributed by atoms with van der Waals surface area (Å²) in [7, 11) is 0. The zero-order valence-corrected chi connectivity index (χ0v) is 16.8. The largest absolute Gasteiger partial charge is 0.394 e. The Morgan fingerprint density at radius 1 is 1.58 bits per heavy atom. The number of aliphatic hydroxyl groups is 1. The van der Waals surface area contributed by atoms with Crippen LogP contribution in [0, 0.1) is 5.92 Å². The van der Waals surface area contributed by atoms with E-state index in [-0.39, 0.29) is 30.9 Å². The van der Waals surface area contributed by atoms with Crippen molar-refractivity contribution < 1.29 is 14.7 Å². The molecule has 1 aliphatic heterocycles. The van der Waals surface area contributed by atoms with Gasteiger partial charge in [-0.2, -0.15) is 16.9 Å². The number of nitrogens with zero attached hydrogens (tertiary/aromatic N) is 2. The predicted octanol–water partition coefficient (Wildman–Crippen LogP) is 1.91. The Balaban J connectivity index is 1.70. The van der Waals surface area contributed by atoms with Gasteiger partial charge in [-0.25, -0.2) is 0 Å². The van der Waals surface area contributed by atoms with Crippen molar-refractivity contribution in [3.8, 4) is 0 Å². The molecule has 140 valence electrons. The Labute approximate surface area is 164 Å². The third-order valence-corrected chi connectivity index (χ3v) is 5.63. The van der Waals surface area contributed by atoms with E-state index in [0.717, 1.165) is 21.1 Å². The Hall–Kier alpha value is -1.58. The first kappa shape index (κ1) is 19.2. The first-order chi connectivity index (χ1) is 12.5. The Morgan fingerprint density at radius 2 is 2.38 bits per heavy atom. The van der Waals surface area contributed by atoms with E-state index in [1.807, 2.05) is 24.5 Å². The molecule has 3 rings (SSSR count). The number of hydrogen-bond acceptors (Lipinski definition) is 5. The third kappa shape index (κ3) is 4.05. The number of amides is 2. The van der Waals surface area contributed by atoms with Crippen molar-refractivity contribution in [2.45, 2.75) is 18.9 Å². The second-order valence-corrected chi connectivity index (χ2v) is 8.21. The lowest BCUT2D eigenvalue weighted by atomic mass is 10.1. The standard InChI is InChI=1S/C17H21BrN4O3S/c1-26-5-4-12(9-23)19-17(25)10-6-15(24)22(8-10)16-13-3-2-11(18)7-14(13)20-21-16/h2-3,7,10,12,23H,4-6,8-9H2,1H3,(H,19,25)(H,20,21)/t10-,12+/m1/s1. The molecule has 0 radical (unpaired) electrons. The van der Waals surface area contributed by atoms with Crippen LogP contribution in [-0.2, 0) is 9.59 Å². The monoisotopic (exact) mass is 440 g/mol. The maximum absolute atomic E-state index is 12.5. The quantitative estimate of drug-likeness (QED) is 0.610. The van der Waals surface area contributed by atoms with Gasteiger partial charge in [0.25, 0.3) is 0 Å². The van der Waals surface area contributed by atoms with Gasteiger partial charge in [-0.05, 0) is 36.6 Å². The molecule has 0 unspecified atom stereocenters. The maximum Gasteiger partial charge on any atom is 0.229 e. The van der Waals surface area contributed by atoms with E-state index in [9.17, 15) is 14.7 Å². The summed E-state index contributed by atoms with van der Waals surface area (Å²) in [6, 6.07) is 5.41. The molecule has 0 bridgehead atoms. The number of hydrogen-bond donors (Lipinski definition) is 3. The highest BCUT2D eigenvalue weighted by Crippen LogP contribution is 2.31. The van der Waals surface area contributed by atoms with Crippen molar-refractivity contribution in [2.75, 3.05) is 30.1 Å². The van der Waals surface area contributed by atoms with E-state index >= 15 is 0 Å². The van der Waals surface area contributed by atoms with Crippen LogP contribution in [0.25, 0.3) is 10.9 Å². The number of aromatic nitrogens is 2. The number of carbonyl (C=O) groups is 2. The summed E-state index contributed by atoms with van der Waals surface area (Å²) in [5.41, 5.74) is 0.826. The van der Waals surface area contributed by atoms with Gasteiger partial charge in [-0.3, -0.25) is 19.6 Å². The van der Waals surface area contributed by atoms with E-state index in [0.29, 0.717) is 18.8 Å². The summed E-state index contributed by atoms with van der Waals surface area (Å²) < 4.78 is 0.922. The van der Waals surface area contributed by atoms with Crippen LogP contribution in [0.4, 0.5) is 5.82 Å². The molecule has 9 heteroatoms. The fraction of sp³-hybridized carbons (Fsp3) is 0.471. The van der Waals surface area contributed by atoms with Gasteiger partial charge in [0, 0.05) is 22.8 Å². The van der Waals surface area contributed by atoms with Gasteiger partial charge < -0.3 is 10.4 Å². The van der Waals surface area contributed by atoms with Gasteiger partial charge in [-0.15, -0.1) is 0 Å². The number of anilines is 1. The number of aliphatic hydroxyl groups excluding tert-OH is 1. The molecule has 2 atom stereocenters. The minimum Gasteiger partial charge on any atom is -0.394 e. The fourth-order valence-electron chi connectivity index (χ4n) is 3.06. The molecule has 26 heavy (non-hydrogen) atoms. The number of halogens is 1. The highest BCUT2D eigenvalue weighted by molar-refractivity contribution is 9.10. The van der Waals surface area contributed by atoms with Gasteiger partial charge in [0.15, 0.2) is 5.82 Å². The van der Waals surface area contributed by atoms with E-state index in [1.165, 1.54) is 0 Å². The van der Waals surface area contributed by atoms with Crippen LogP contribution < -0.4 is 10.2 Å². The smallest absolute Gasteiger partial charge is 0.229 e. The topological polar surface area (TPSA) is 98.3 Å². The van der Waals surface area contributed by atoms with Crippen molar-refractivity contribution in [1.29, 1.82) is 0 Å². The normalized spacial score (nSPS) is 18.5. The van der Waals surface area contributed by atoms with Crippen LogP contribution >= 0.6 is 27.7 Å². The maximum atomic E-state index is 12.5. The van der Waals surface area contributed by atoms with E-state index < -0.39 is 5.92 Å². The van der Waals surface area contributed by atoms with E-state index in [4.69, 9.17) is 0 Å². The van der Waals surface area contributed by atoms with Crippen LogP contribution in [0.5, 0.6) is 0 Å². The average molecular weight is 441 g/mol. The molecule has 7 nitrogen and oxygen atoms in total. The number of thioether (sulfide) groups is 1. The van der Waals surface area contributed by atoms with Gasteiger partial charge in [0.1, 0.15) is 0 Å². The van der Waals surface area contributed by atoms with E-state index in [2.05, 4.69) is 31.4 Å². The van der Waals surface area contributed by atoms with Crippen LogP contribution in [-0.4, -0.2) is 58.3 Å². The van der Waals surface area contributed by atoms with Crippen LogP contribution in [0.3, 0.4) is 0 Å². The van der Waals surface area contributed by atoms with Crippen molar-refractivity contribution in [1.82, 2.24) is 15.5 Å². The molecular weight excluding hydrogens is 420 g/mol. The Morgan fingerprint density at radius 3 is 3.12 bits per heavy atom. The second kappa shape index (κ2) is 8.41. The molecule has 2 aromatic rings. The number of rotatable bonds is 7. The molecule has 1 aromatic heterocycles. The summed E-state index contributed by atoms with van der Waals surface area (Å²) >= 11 is 5.08. The molecule has 0 spiro atoms. The first-order valence-electron chi connectivity index (χ1n) is 8.37. The first-order valence-corrected chi connectivity index (χ1v) is 10.6. The van der Waals surface area contributed by atoms with E-state index in [1.54, 1.807) is 16.7 Å². The SMILES string of the molecule is CSCC[C@@H](CO)NC(=O)[C@@H]1CC(=O)N(c2n[nH]c3cc(Br)ccc23)C1. The zero-order valence-electron chi connectivity index (χ0n) is 14.4. The molecule has 1 aliphatic rings.